The highest BCUT2D eigenvalue weighted by molar-refractivity contribution is 6.05. The van der Waals surface area contributed by atoms with Crippen LogP contribution in [0.15, 0.2) is 96.1 Å². The maximum absolute atomic E-state index is 12.1. The molecule has 48 heavy (non-hydrogen) atoms. The van der Waals surface area contributed by atoms with E-state index < -0.39 is 17.9 Å². The number of anilines is 1. The first-order chi connectivity index (χ1) is 22.9. The number of rotatable bonds is 9. The van der Waals surface area contributed by atoms with Gasteiger partial charge in [0.05, 0.1) is 23.4 Å². The van der Waals surface area contributed by atoms with Gasteiger partial charge in [-0.3, -0.25) is 19.5 Å². The SMILES string of the molecule is CCOC(=O)CC(=O)c1ccc(C)cc1.Cc1ccc(-c2cc(=O)n(-c3ccc(C(=O)O)cn3)[nH]2)cc1.NNc1ccc(C(=O)O)cn1. The topological polar surface area (TPSA) is 220 Å². The summed E-state index contributed by atoms with van der Waals surface area (Å²) < 4.78 is 5.98. The third-order valence-corrected chi connectivity index (χ3v) is 6.45. The summed E-state index contributed by atoms with van der Waals surface area (Å²) in [4.78, 5) is 63.5. The lowest BCUT2D eigenvalue weighted by atomic mass is 10.1. The van der Waals surface area contributed by atoms with Crippen molar-refractivity contribution in [3.63, 3.8) is 0 Å². The zero-order valence-electron chi connectivity index (χ0n) is 26.3. The molecule has 0 aliphatic heterocycles. The van der Waals surface area contributed by atoms with E-state index in [4.69, 9.17) is 20.8 Å². The number of hydrazine groups is 1. The number of aryl methyl sites for hydroxylation is 2. The van der Waals surface area contributed by atoms with E-state index in [9.17, 15) is 24.0 Å². The lowest BCUT2D eigenvalue weighted by molar-refractivity contribution is -0.141. The third kappa shape index (κ3) is 10.6. The van der Waals surface area contributed by atoms with Gasteiger partial charge in [-0.1, -0.05) is 59.7 Å². The van der Waals surface area contributed by atoms with Gasteiger partial charge in [-0.05, 0) is 50.6 Å². The molecule has 248 valence electrons. The van der Waals surface area contributed by atoms with Crippen molar-refractivity contribution in [3.05, 3.63) is 129 Å². The van der Waals surface area contributed by atoms with Crippen molar-refractivity contribution >= 4 is 29.5 Å². The Morgan fingerprint density at radius 2 is 1.35 bits per heavy atom. The van der Waals surface area contributed by atoms with Gasteiger partial charge >= 0.3 is 17.9 Å². The van der Waals surface area contributed by atoms with Gasteiger partial charge in [-0.15, -0.1) is 0 Å². The minimum atomic E-state index is -1.06. The van der Waals surface area contributed by atoms with Crippen molar-refractivity contribution in [1.29, 1.82) is 0 Å². The quantitative estimate of drug-likeness (QED) is 0.0490. The second kappa shape index (κ2) is 17.3. The number of carbonyl (C=O) groups is 4. The van der Waals surface area contributed by atoms with Crippen LogP contribution in [0, 0.1) is 13.8 Å². The Morgan fingerprint density at radius 1 is 0.812 bits per heavy atom. The number of H-pyrrole nitrogens is 1. The third-order valence-electron chi connectivity index (χ3n) is 6.45. The molecular weight excluding hydrogens is 620 g/mol. The number of nitrogen functional groups attached to an aromatic ring is 1. The van der Waals surface area contributed by atoms with Crippen molar-refractivity contribution in [2.75, 3.05) is 12.0 Å². The molecule has 3 heterocycles. The number of carboxylic acids is 2. The van der Waals surface area contributed by atoms with E-state index in [2.05, 4.69) is 20.5 Å². The van der Waals surface area contributed by atoms with Crippen molar-refractivity contribution in [2.45, 2.75) is 27.2 Å². The number of nitrogens with two attached hydrogens (primary N) is 1. The fraction of sp³-hybridized carbons (Fsp3) is 0.147. The summed E-state index contributed by atoms with van der Waals surface area (Å²) in [5, 5.41) is 20.3. The molecule has 5 rings (SSSR count). The van der Waals surface area contributed by atoms with Crippen LogP contribution in [0.25, 0.3) is 17.1 Å². The van der Waals surface area contributed by atoms with Crippen molar-refractivity contribution < 1.29 is 34.1 Å². The molecule has 0 saturated carbocycles. The lowest BCUT2D eigenvalue weighted by Crippen LogP contribution is -2.15. The summed E-state index contributed by atoms with van der Waals surface area (Å²) >= 11 is 0. The Kier molecular flexibility index (Phi) is 13.0. The Bertz CT molecular complexity index is 1900. The number of aromatic amines is 1. The Labute approximate surface area is 274 Å². The van der Waals surface area contributed by atoms with Crippen molar-refractivity contribution in [2.24, 2.45) is 5.84 Å². The zero-order valence-corrected chi connectivity index (χ0v) is 26.3. The largest absolute Gasteiger partial charge is 0.478 e. The normalized spacial score (nSPS) is 10.0. The summed E-state index contributed by atoms with van der Waals surface area (Å²) in [7, 11) is 0. The van der Waals surface area contributed by atoms with E-state index >= 15 is 0 Å². The first-order valence-corrected chi connectivity index (χ1v) is 14.4. The molecule has 0 bridgehead atoms. The van der Waals surface area contributed by atoms with Crippen LogP contribution in [0.5, 0.6) is 0 Å². The summed E-state index contributed by atoms with van der Waals surface area (Å²) in [6.45, 7) is 5.96. The number of carboxylic acid groups (broad SMARTS) is 2. The number of benzene rings is 2. The fourth-order valence-corrected chi connectivity index (χ4v) is 3.88. The Balaban J connectivity index is 0.000000209. The molecule has 0 aliphatic rings. The van der Waals surface area contributed by atoms with Gasteiger partial charge in [-0.2, -0.15) is 0 Å². The summed E-state index contributed by atoms with van der Waals surface area (Å²) in [5.41, 5.74) is 6.58. The molecule has 0 saturated heterocycles. The minimum Gasteiger partial charge on any atom is -0.478 e. The number of hydrogen-bond donors (Lipinski definition) is 5. The van der Waals surface area contributed by atoms with Gasteiger partial charge in [0.15, 0.2) is 11.6 Å². The molecule has 0 amide bonds. The maximum Gasteiger partial charge on any atom is 0.337 e. The number of nitrogens with zero attached hydrogens (tertiary/aromatic N) is 3. The number of Topliss-reactive ketones (excluding diaryl/α,β-unsaturated/α-hetero) is 1. The lowest BCUT2D eigenvalue weighted by Gasteiger charge is -2.02. The van der Waals surface area contributed by atoms with Crippen LogP contribution in [0.1, 0.15) is 55.5 Å². The highest BCUT2D eigenvalue weighted by Gasteiger charge is 2.12. The van der Waals surface area contributed by atoms with E-state index in [-0.39, 0.29) is 28.9 Å². The highest BCUT2D eigenvalue weighted by Crippen LogP contribution is 2.17. The van der Waals surface area contributed by atoms with Crippen LogP contribution in [0.3, 0.4) is 0 Å². The number of hydrogen-bond acceptors (Lipinski definition) is 10. The fourth-order valence-electron chi connectivity index (χ4n) is 3.88. The number of carbonyl (C=O) groups excluding carboxylic acids is 2. The average Bonchev–Trinajstić information content (AvgIpc) is 3.47. The zero-order chi connectivity index (χ0) is 35.2. The summed E-state index contributed by atoms with van der Waals surface area (Å²) in [5.74, 6) is 3.07. The van der Waals surface area contributed by atoms with Crippen LogP contribution >= 0.6 is 0 Å². The number of aromatic nitrogens is 4. The number of pyridine rings is 2. The molecular formula is C34H34N6O8. The maximum atomic E-state index is 12.1. The number of ketones is 1. The van der Waals surface area contributed by atoms with E-state index in [1.165, 1.54) is 47.4 Å². The number of aromatic carboxylic acids is 2. The van der Waals surface area contributed by atoms with Crippen LogP contribution in [0.2, 0.25) is 0 Å². The Morgan fingerprint density at radius 3 is 1.83 bits per heavy atom. The first-order valence-electron chi connectivity index (χ1n) is 14.4. The molecule has 3 aromatic heterocycles. The number of nitrogens with one attached hydrogen (secondary N) is 2. The van der Waals surface area contributed by atoms with Crippen LogP contribution in [-0.2, 0) is 9.53 Å². The molecule has 0 atom stereocenters. The van der Waals surface area contributed by atoms with E-state index in [1.54, 1.807) is 19.1 Å². The minimum absolute atomic E-state index is 0.0714. The van der Waals surface area contributed by atoms with Gasteiger partial charge in [0.25, 0.3) is 5.56 Å². The van der Waals surface area contributed by atoms with Crippen LogP contribution < -0.4 is 16.8 Å². The number of esters is 1. The molecule has 14 nitrogen and oxygen atoms in total. The van der Waals surface area contributed by atoms with Gasteiger partial charge < -0.3 is 20.4 Å². The van der Waals surface area contributed by atoms with Gasteiger partial charge in [0.2, 0.25) is 0 Å². The number of ether oxygens (including phenoxy) is 1. The monoisotopic (exact) mass is 654 g/mol. The summed E-state index contributed by atoms with van der Waals surface area (Å²) in [6, 6.07) is 22.2. The van der Waals surface area contributed by atoms with Crippen molar-refractivity contribution in [3.8, 4) is 17.1 Å². The smallest absolute Gasteiger partial charge is 0.337 e. The molecule has 0 aliphatic carbocycles. The van der Waals surface area contributed by atoms with Crippen LogP contribution in [0.4, 0.5) is 5.82 Å². The average molecular weight is 655 g/mol. The molecule has 0 fully saturated rings. The van der Waals surface area contributed by atoms with Crippen molar-refractivity contribution in [1.82, 2.24) is 19.7 Å². The molecule has 2 aromatic carbocycles. The molecule has 5 aromatic rings. The second-order valence-electron chi connectivity index (χ2n) is 10.1. The van der Waals surface area contributed by atoms with Gasteiger partial charge in [0, 0.05) is 24.0 Å². The first kappa shape index (κ1) is 36.1. The highest BCUT2D eigenvalue weighted by atomic mass is 16.5. The molecule has 0 radical (unpaired) electrons. The van der Waals surface area contributed by atoms with E-state index in [0.717, 1.165) is 16.7 Å². The van der Waals surface area contributed by atoms with Crippen LogP contribution in [-0.4, -0.2) is 60.3 Å². The standard InChI is InChI=1S/C16H13N3O3.C12H14O3.C6H7N3O2/c1-10-2-4-11(5-3-10)13-8-15(20)19(18-13)14-7-6-12(9-17-14)16(21)22;1-3-15-12(14)8-11(13)10-6-4-9(2)5-7-10;7-9-5-2-1-4(3-8-5)6(10)11/h2-9,18H,1H3,(H,21,22);4-7H,3,8H2,1-2H3;1-3H,7H2,(H,8,9)(H,10,11). The predicted octanol–water partition coefficient (Wildman–Crippen LogP) is 4.43. The van der Waals surface area contributed by atoms with Gasteiger partial charge in [-0.25, -0.2) is 30.1 Å². The molecule has 6 N–H and O–H groups in total. The second-order valence-corrected chi connectivity index (χ2v) is 10.1. The molecule has 14 heteroatoms. The summed E-state index contributed by atoms with van der Waals surface area (Å²) in [6.07, 6.45) is 2.27. The Hall–Kier alpha value is -6.41. The predicted molar refractivity (Wildman–Crippen MR) is 177 cm³/mol. The van der Waals surface area contributed by atoms with E-state index in [1.807, 2.05) is 50.2 Å². The molecule has 0 spiro atoms. The molecule has 0 unspecified atom stereocenters. The van der Waals surface area contributed by atoms with Gasteiger partial charge in [0.1, 0.15) is 12.2 Å². The van der Waals surface area contributed by atoms with E-state index in [0.29, 0.717) is 29.5 Å².